The number of rotatable bonds is 7. The van der Waals surface area contributed by atoms with Crippen molar-refractivity contribution < 1.29 is 22.4 Å². The Bertz CT molecular complexity index is 805. The van der Waals surface area contributed by atoms with Gasteiger partial charge in [0.1, 0.15) is 16.4 Å². The second kappa shape index (κ2) is 9.85. The van der Waals surface area contributed by atoms with Gasteiger partial charge in [0, 0.05) is 11.0 Å². The van der Waals surface area contributed by atoms with Crippen molar-refractivity contribution >= 4 is 51.4 Å². The van der Waals surface area contributed by atoms with E-state index in [1.807, 2.05) is 38.1 Å². The van der Waals surface area contributed by atoms with Gasteiger partial charge in [0.2, 0.25) is 0 Å². The van der Waals surface area contributed by atoms with Crippen molar-refractivity contribution in [3.05, 3.63) is 42.0 Å². The SMILES string of the molecule is CCOc1cc(S(=O)(=O)O)c(OCC)cc1Sc1ccc(C)cc1.[NaH]. The van der Waals surface area contributed by atoms with E-state index < -0.39 is 10.1 Å². The first kappa shape index (κ1) is 22.3. The van der Waals surface area contributed by atoms with Gasteiger partial charge in [0.15, 0.2) is 0 Å². The molecule has 1 N–H and O–H groups in total. The van der Waals surface area contributed by atoms with Gasteiger partial charge in [-0.25, -0.2) is 0 Å². The molecule has 5 nitrogen and oxygen atoms in total. The average Bonchev–Trinajstić information content (AvgIpc) is 2.51. The summed E-state index contributed by atoms with van der Waals surface area (Å²) >= 11 is 1.44. The molecule has 0 amide bonds. The molecule has 0 aliphatic carbocycles. The Labute approximate surface area is 175 Å². The molecule has 0 unspecified atom stereocenters. The third-order valence-corrected chi connectivity index (χ3v) is 5.06. The fourth-order valence-electron chi connectivity index (χ4n) is 2.07. The van der Waals surface area contributed by atoms with E-state index in [0.29, 0.717) is 12.4 Å². The Kier molecular flexibility index (Phi) is 8.80. The minimum absolute atomic E-state index is 0. The molecule has 0 aliphatic rings. The summed E-state index contributed by atoms with van der Waals surface area (Å²) in [7, 11) is -4.41. The summed E-state index contributed by atoms with van der Waals surface area (Å²) < 4.78 is 43.6. The second-order valence-electron chi connectivity index (χ2n) is 5.00. The van der Waals surface area contributed by atoms with Crippen molar-refractivity contribution in [2.45, 2.75) is 35.5 Å². The van der Waals surface area contributed by atoms with Gasteiger partial charge in [-0.2, -0.15) is 8.42 Å². The number of aryl methyl sites for hydroxylation is 1. The molecule has 0 saturated carbocycles. The molecule has 2 aromatic carbocycles. The average molecular weight is 392 g/mol. The van der Waals surface area contributed by atoms with Crippen LogP contribution in [0.2, 0.25) is 0 Å². The van der Waals surface area contributed by atoms with Crippen molar-refractivity contribution in [2.75, 3.05) is 13.2 Å². The molecular formula is C17H21NaO5S2. The van der Waals surface area contributed by atoms with E-state index in [-0.39, 0.29) is 46.8 Å². The molecule has 0 saturated heterocycles. The summed E-state index contributed by atoms with van der Waals surface area (Å²) in [6, 6.07) is 10.8. The van der Waals surface area contributed by atoms with E-state index in [0.717, 1.165) is 15.4 Å². The van der Waals surface area contributed by atoms with Crippen molar-refractivity contribution in [3.8, 4) is 11.5 Å². The fourth-order valence-corrected chi connectivity index (χ4v) is 3.61. The molecule has 0 bridgehead atoms. The number of ether oxygens (including phenoxy) is 2. The van der Waals surface area contributed by atoms with E-state index in [2.05, 4.69) is 0 Å². The van der Waals surface area contributed by atoms with Crippen molar-refractivity contribution in [3.63, 3.8) is 0 Å². The van der Waals surface area contributed by atoms with Crippen molar-refractivity contribution in [1.82, 2.24) is 0 Å². The first-order chi connectivity index (χ1) is 11.3. The molecule has 0 aliphatic heterocycles. The standard InChI is InChI=1S/C17H20O5S2.Na.H/c1-4-21-14-11-17(24(18,19)20)15(22-5-2)10-16(14)23-13-8-6-12(3)7-9-13;;/h6-11H,4-5H2,1-3H3,(H,18,19,20);;. The van der Waals surface area contributed by atoms with Crippen LogP contribution in [0.5, 0.6) is 11.5 Å². The Morgan fingerprint density at radius 2 is 1.56 bits per heavy atom. The van der Waals surface area contributed by atoms with Crippen LogP contribution in [0.25, 0.3) is 0 Å². The molecular weight excluding hydrogens is 371 g/mol. The normalized spacial score (nSPS) is 10.9. The van der Waals surface area contributed by atoms with Gasteiger partial charge < -0.3 is 9.47 Å². The summed E-state index contributed by atoms with van der Waals surface area (Å²) in [6.07, 6.45) is 0. The van der Waals surface area contributed by atoms with Crippen LogP contribution in [-0.2, 0) is 10.1 Å². The van der Waals surface area contributed by atoms with Crippen molar-refractivity contribution in [2.24, 2.45) is 0 Å². The van der Waals surface area contributed by atoms with Crippen LogP contribution in [0.3, 0.4) is 0 Å². The van der Waals surface area contributed by atoms with Crippen molar-refractivity contribution in [1.29, 1.82) is 0 Å². The molecule has 25 heavy (non-hydrogen) atoms. The summed E-state index contributed by atoms with van der Waals surface area (Å²) in [4.78, 5) is 1.42. The van der Waals surface area contributed by atoms with Gasteiger partial charge in [-0.15, -0.1) is 0 Å². The van der Waals surface area contributed by atoms with Crippen LogP contribution in [0, 0.1) is 6.92 Å². The van der Waals surface area contributed by atoms with Gasteiger partial charge in [-0.05, 0) is 39.0 Å². The second-order valence-corrected chi connectivity index (χ2v) is 7.51. The number of hydrogen-bond donors (Lipinski definition) is 1. The Morgan fingerprint density at radius 1 is 1.00 bits per heavy atom. The van der Waals surface area contributed by atoms with Gasteiger partial charge in [0.05, 0.1) is 18.1 Å². The van der Waals surface area contributed by atoms with E-state index in [9.17, 15) is 13.0 Å². The predicted octanol–water partition coefficient (Wildman–Crippen LogP) is 3.54. The number of benzene rings is 2. The molecule has 0 aromatic heterocycles. The Hall–Kier alpha value is -0.700. The number of hydrogen-bond acceptors (Lipinski definition) is 5. The molecule has 0 heterocycles. The summed E-state index contributed by atoms with van der Waals surface area (Å²) in [6.45, 7) is 6.22. The van der Waals surface area contributed by atoms with Crippen LogP contribution in [0.4, 0.5) is 0 Å². The van der Waals surface area contributed by atoms with Crippen LogP contribution < -0.4 is 9.47 Å². The Morgan fingerprint density at radius 3 is 2.08 bits per heavy atom. The molecule has 132 valence electrons. The molecule has 8 heteroatoms. The van der Waals surface area contributed by atoms with E-state index in [4.69, 9.17) is 9.47 Å². The van der Waals surface area contributed by atoms with Gasteiger partial charge in [0.25, 0.3) is 10.1 Å². The quantitative estimate of drug-likeness (QED) is 0.574. The van der Waals surface area contributed by atoms with E-state index in [1.165, 1.54) is 17.8 Å². The zero-order valence-electron chi connectivity index (χ0n) is 13.8. The first-order valence-corrected chi connectivity index (χ1v) is 9.76. The topological polar surface area (TPSA) is 72.8 Å². The fraction of sp³-hybridized carbons (Fsp3) is 0.294. The molecule has 2 rings (SSSR count). The molecule has 2 aromatic rings. The van der Waals surface area contributed by atoms with Crippen LogP contribution in [0.15, 0.2) is 51.1 Å². The van der Waals surface area contributed by atoms with Crippen LogP contribution in [0.1, 0.15) is 19.4 Å². The maximum atomic E-state index is 11.6. The Balaban J connectivity index is 0.00000312. The monoisotopic (exact) mass is 392 g/mol. The zero-order valence-corrected chi connectivity index (χ0v) is 15.4. The molecule has 0 fully saturated rings. The van der Waals surface area contributed by atoms with Crippen LogP contribution in [-0.4, -0.2) is 55.7 Å². The predicted molar refractivity (Wildman–Crippen MR) is 101 cm³/mol. The summed E-state index contributed by atoms with van der Waals surface area (Å²) in [5.41, 5.74) is 1.15. The van der Waals surface area contributed by atoms with Gasteiger partial charge in [-0.1, -0.05) is 29.5 Å². The molecule has 0 spiro atoms. The van der Waals surface area contributed by atoms with Gasteiger partial charge in [-0.3, -0.25) is 4.55 Å². The third kappa shape index (κ3) is 6.20. The third-order valence-electron chi connectivity index (χ3n) is 3.14. The zero-order chi connectivity index (χ0) is 17.7. The molecule has 0 radical (unpaired) electrons. The van der Waals surface area contributed by atoms with Crippen LogP contribution >= 0.6 is 11.8 Å². The first-order valence-electron chi connectivity index (χ1n) is 7.50. The minimum atomic E-state index is -4.41. The maximum absolute atomic E-state index is 11.6. The summed E-state index contributed by atoms with van der Waals surface area (Å²) in [5.74, 6) is 0.497. The summed E-state index contributed by atoms with van der Waals surface area (Å²) in [5, 5.41) is 0. The van der Waals surface area contributed by atoms with E-state index >= 15 is 0 Å². The molecule has 0 atom stereocenters. The van der Waals surface area contributed by atoms with Gasteiger partial charge >= 0.3 is 29.6 Å². The van der Waals surface area contributed by atoms with E-state index in [1.54, 1.807) is 13.0 Å².